The van der Waals surface area contributed by atoms with Gasteiger partial charge in [-0.2, -0.15) is 0 Å². The van der Waals surface area contributed by atoms with Crippen LogP contribution in [0.25, 0.3) is 0 Å². The Labute approximate surface area is 81.1 Å². The quantitative estimate of drug-likeness (QED) is 0.745. The van der Waals surface area contributed by atoms with Gasteiger partial charge in [-0.1, -0.05) is 13.3 Å². The minimum Gasteiger partial charge on any atom is -0.495 e. The van der Waals surface area contributed by atoms with Crippen molar-refractivity contribution in [1.82, 2.24) is 4.98 Å². The third kappa shape index (κ3) is 2.21. The van der Waals surface area contributed by atoms with E-state index in [9.17, 15) is 0 Å². The summed E-state index contributed by atoms with van der Waals surface area (Å²) in [5.74, 6) is 0.821. The molecule has 0 aromatic carbocycles. The molecule has 1 heterocycles. The monoisotopic (exact) mass is 229 g/mol. The van der Waals surface area contributed by atoms with Crippen LogP contribution in [0.5, 0.6) is 5.75 Å². The second-order valence-corrected chi connectivity index (χ2v) is 3.33. The molecule has 66 valence electrons. The van der Waals surface area contributed by atoms with Gasteiger partial charge in [0.2, 0.25) is 0 Å². The van der Waals surface area contributed by atoms with Crippen LogP contribution in [0.4, 0.5) is 0 Å². The third-order valence-electron chi connectivity index (χ3n) is 1.64. The molecule has 0 radical (unpaired) electrons. The molecule has 3 heteroatoms. The zero-order chi connectivity index (χ0) is 8.97. The molecule has 1 rings (SSSR count). The first kappa shape index (κ1) is 9.52. The smallest absolute Gasteiger partial charge is 0.137 e. The van der Waals surface area contributed by atoms with Gasteiger partial charge in [-0.15, -0.1) is 0 Å². The van der Waals surface area contributed by atoms with Gasteiger partial charge in [0.1, 0.15) is 10.4 Å². The maximum atomic E-state index is 5.07. The molecule has 0 amide bonds. The second-order valence-electron chi connectivity index (χ2n) is 2.58. The van der Waals surface area contributed by atoms with Crippen LogP contribution in [-0.4, -0.2) is 12.1 Å². The topological polar surface area (TPSA) is 22.1 Å². The summed E-state index contributed by atoms with van der Waals surface area (Å²) < 4.78 is 5.99. The van der Waals surface area contributed by atoms with E-state index in [2.05, 4.69) is 27.8 Å². The Kier molecular flexibility index (Phi) is 3.53. The van der Waals surface area contributed by atoms with Crippen LogP contribution >= 0.6 is 15.9 Å². The maximum absolute atomic E-state index is 5.07. The lowest BCUT2D eigenvalue weighted by molar-refractivity contribution is 0.412. The average Bonchev–Trinajstić information content (AvgIpc) is 2.09. The van der Waals surface area contributed by atoms with E-state index in [1.54, 1.807) is 13.3 Å². The zero-order valence-corrected chi connectivity index (χ0v) is 8.89. The van der Waals surface area contributed by atoms with Gasteiger partial charge in [-0.3, -0.25) is 0 Å². The van der Waals surface area contributed by atoms with Crippen molar-refractivity contribution in [1.29, 1.82) is 0 Å². The van der Waals surface area contributed by atoms with Crippen molar-refractivity contribution in [3.8, 4) is 5.75 Å². The molecule has 0 fully saturated rings. The van der Waals surface area contributed by atoms with Crippen LogP contribution in [0.1, 0.15) is 18.9 Å². The number of ether oxygens (including phenoxy) is 1. The fraction of sp³-hybridized carbons (Fsp3) is 0.444. The van der Waals surface area contributed by atoms with E-state index in [0.29, 0.717) is 0 Å². The molecule has 2 nitrogen and oxygen atoms in total. The summed E-state index contributed by atoms with van der Waals surface area (Å²) in [4.78, 5) is 4.16. The number of pyridine rings is 1. The lowest BCUT2D eigenvalue weighted by Gasteiger charge is -2.04. The van der Waals surface area contributed by atoms with Gasteiger partial charge in [0.05, 0.1) is 13.3 Å². The Balaban J connectivity index is 2.91. The van der Waals surface area contributed by atoms with Crippen LogP contribution in [-0.2, 0) is 6.42 Å². The van der Waals surface area contributed by atoms with Crippen molar-refractivity contribution in [2.75, 3.05) is 7.11 Å². The standard InChI is InChI=1S/C9H12BrNO/c1-3-4-7-5-8(12-2)6-11-9(7)10/h5-6H,3-4H2,1-2H3. The van der Waals surface area contributed by atoms with Crippen molar-refractivity contribution in [2.45, 2.75) is 19.8 Å². The lowest BCUT2D eigenvalue weighted by atomic mass is 10.2. The number of hydrogen-bond donors (Lipinski definition) is 0. The van der Waals surface area contributed by atoms with Gasteiger partial charge in [0.15, 0.2) is 0 Å². The van der Waals surface area contributed by atoms with Gasteiger partial charge in [0.25, 0.3) is 0 Å². The average molecular weight is 230 g/mol. The van der Waals surface area contributed by atoms with E-state index in [4.69, 9.17) is 4.74 Å². The van der Waals surface area contributed by atoms with Crippen molar-refractivity contribution >= 4 is 15.9 Å². The zero-order valence-electron chi connectivity index (χ0n) is 7.30. The Bertz CT molecular complexity index is 263. The SMILES string of the molecule is CCCc1cc(OC)cnc1Br. The van der Waals surface area contributed by atoms with E-state index in [-0.39, 0.29) is 0 Å². The predicted molar refractivity (Wildman–Crippen MR) is 52.5 cm³/mol. The molecule has 0 spiro atoms. The molecule has 0 bridgehead atoms. The number of rotatable bonds is 3. The van der Waals surface area contributed by atoms with Gasteiger partial charge in [-0.05, 0) is 34.0 Å². The first-order valence-electron chi connectivity index (χ1n) is 3.96. The number of methoxy groups -OCH3 is 1. The minimum atomic E-state index is 0.821. The van der Waals surface area contributed by atoms with E-state index < -0.39 is 0 Å². The normalized spacial score (nSPS) is 9.92. The predicted octanol–water partition coefficient (Wildman–Crippen LogP) is 2.81. The molecule has 0 saturated heterocycles. The lowest BCUT2D eigenvalue weighted by Crippen LogP contribution is -1.91. The Morgan fingerprint density at radius 1 is 1.58 bits per heavy atom. The second kappa shape index (κ2) is 4.45. The van der Waals surface area contributed by atoms with Crippen molar-refractivity contribution in [2.24, 2.45) is 0 Å². The van der Waals surface area contributed by atoms with Crippen LogP contribution < -0.4 is 4.74 Å². The number of hydrogen-bond acceptors (Lipinski definition) is 2. The largest absolute Gasteiger partial charge is 0.495 e. The van der Waals surface area contributed by atoms with Crippen molar-refractivity contribution in [3.05, 3.63) is 22.4 Å². The summed E-state index contributed by atoms with van der Waals surface area (Å²) in [5.41, 5.74) is 1.21. The fourth-order valence-corrected chi connectivity index (χ4v) is 1.44. The highest BCUT2D eigenvalue weighted by molar-refractivity contribution is 9.10. The highest BCUT2D eigenvalue weighted by Crippen LogP contribution is 2.20. The van der Waals surface area contributed by atoms with Crippen LogP contribution in [0.15, 0.2) is 16.9 Å². The molecule has 0 aliphatic rings. The molecular formula is C9H12BrNO. The number of aromatic nitrogens is 1. The van der Waals surface area contributed by atoms with E-state index >= 15 is 0 Å². The molecule has 0 N–H and O–H groups in total. The third-order valence-corrected chi connectivity index (χ3v) is 2.36. The van der Waals surface area contributed by atoms with Crippen LogP contribution in [0, 0.1) is 0 Å². The van der Waals surface area contributed by atoms with Gasteiger partial charge < -0.3 is 4.74 Å². The molecule has 1 aromatic rings. The molecule has 0 aliphatic carbocycles. The fourth-order valence-electron chi connectivity index (χ4n) is 1.03. The number of halogens is 1. The number of nitrogens with zero attached hydrogens (tertiary/aromatic N) is 1. The summed E-state index contributed by atoms with van der Waals surface area (Å²) in [7, 11) is 1.65. The van der Waals surface area contributed by atoms with Gasteiger partial charge >= 0.3 is 0 Å². The summed E-state index contributed by atoms with van der Waals surface area (Å²) in [5, 5.41) is 0. The maximum Gasteiger partial charge on any atom is 0.137 e. The summed E-state index contributed by atoms with van der Waals surface area (Å²) >= 11 is 3.39. The molecule has 0 atom stereocenters. The van der Waals surface area contributed by atoms with E-state index in [1.807, 2.05) is 6.07 Å². The first-order valence-corrected chi connectivity index (χ1v) is 4.75. The summed E-state index contributed by atoms with van der Waals surface area (Å²) in [6.45, 7) is 2.14. The van der Waals surface area contributed by atoms with E-state index in [0.717, 1.165) is 23.2 Å². The summed E-state index contributed by atoms with van der Waals surface area (Å²) in [6.07, 6.45) is 3.86. The van der Waals surface area contributed by atoms with E-state index in [1.165, 1.54) is 5.56 Å². The molecule has 0 unspecified atom stereocenters. The molecule has 1 aromatic heterocycles. The Hall–Kier alpha value is -0.570. The van der Waals surface area contributed by atoms with Gasteiger partial charge in [-0.25, -0.2) is 4.98 Å². The van der Waals surface area contributed by atoms with Crippen LogP contribution in [0.3, 0.4) is 0 Å². The molecule has 0 aliphatic heterocycles. The highest BCUT2D eigenvalue weighted by atomic mass is 79.9. The Morgan fingerprint density at radius 2 is 2.33 bits per heavy atom. The molecular weight excluding hydrogens is 218 g/mol. The molecule has 12 heavy (non-hydrogen) atoms. The van der Waals surface area contributed by atoms with Crippen LogP contribution in [0.2, 0.25) is 0 Å². The first-order chi connectivity index (χ1) is 5.77. The molecule has 0 saturated carbocycles. The minimum absolute atomic E-state index is 0.821. The summed E-state index contributed by atoms with van der Waals surface area (Å²) in [6, 6.07) is 2.01. The van der Waals surface area contributed by atoms with Crippen molar-refractivity contribution in [3.63, 3.8) is 0 Å². The Morgan fingerprint density at radius 3 is 2.92 bits per heavy atom. The van der Waals surface area contributed by atoms with Crippen molar-refractivity contribution < 1.29 is 4.74 Å². The van der Waals surface area contributed by atoms with Gasteiger partial charge in [0, 0.05) is 0 Å². The highest BCUT2D eigenvalue weighted by Gasteiger charge is 2.01. The number of aryl methyl sites for hydroxylation is 1.